The Morgan fingerprint density at radius 2 is 1.79 bits per heavy atom. The van der Waals surface area contributed by atoms with Gasteiger partial charge < -0.3 is 0 Å². The lowest BCUT2D eigenvalue weighted by molar-refractivity contribution is -0.137. The van der Waals surface area contributed by atoms with Gasteiger partial charge in [0, 0.05) is 17.0 Å². The van der Waals surface area contributed by atoms with E-state index < -0.39 is 26.7 Å². The highest BCUT2D eigenvalue weighted by Crippen LogP contribution is 2.32. The molecular weight excluding hydrogens is 409 g/mol. The normalized spacial score (nSPS) is 12.3. The van der Waals surface area contributed by atoms with E-state index in [9.17, 15) is 21.6 Å². The average Bonchev–Trinajstić information content (AvgIpc) is 3.00. The molecule has 0 aliphatic carbocycles. The second kappa shape index (κ2) is 7.65. The Morgan fingerprint density at radius 3 is 2.46 bits per heavy atom. The highest BCUT2D eigenvalue weighted by atomic mass is 32.2. The van der Waals surface area contributed by atoms with E-state index in [1.165, 1.54) is 11.3 Å². The third kappa shape index (κ3) is 4.43. The fourth-order valence-electron chi connectivity index (χ4n) is 2.60. The summed E-state index contributed by atoms with van der Waals surface area (Å²) in [7, 11) is -4.09. The molecule has 0 radical (unpaired) electrons. The van der Waals surface area contributed by atoms with Crippen LogP contribution in [0.1, 0.15) is 21.7 Å². The number of halogens is 3. The number of nitrogens with one attached hydrogen (secondary N) is 1. The molecule has 0 atom stereocenters. The van der Waals surface area contributed by atoms with E-state index in [1.54, 1.807) is 6.92 Å². The van der Waals surface area contributed by atoms with Crippen molar-refractivity contribution in [1.82, 2.24) is 9.71 Å². The van der Waals surface area contributed by atoms with Gasteiger partial charge >= 0.3 is 6.18 Å². The molecule has 0 aliphatic rings. The zero-order chi connectivity index (χ0) is 20.5. The molecule has 9 heteroatoms. The Balaban J connectivity index is 1.82. The number of hydrogen-bond donors (Lipinski definition) is 1. The van der Waals surface area contributed by atoms with Crippen LogP contribution < -0.4 is 4.72 Å². The van der Waals surface area contributed by atoms with E-state index >= 15 is 0 Å². The number of alkyl halides is 3. The zero-order valence-corrected chi connectivity index (χ0v) is 16.7. The molecule has 2 aromatic carbocycles. The smallest absolute Gasteiger partial charge is 0.241 e. The minimum absolute atomic E-state index is 0.0477. The minimum atomic E-state index is -4.61. The Morgan fingerprint density at radius 1 is 1.07 bits per heavy atom. The summed E-state index contributed by atoms with van der Waals surface area (Å²) in [5.74, 6) is 0. The van der Waals surface area contributed by atoms with Gasteiger partial charge in [0.1, 0.15) is 5.01 Å². The number of aryl methyl sites for hydroxylation is 2. The fraction of sp³-hybridized carbons (Fsp3) is 0.211. The summed E-state index contributed by atoms with van der Waals surface area (Å²) in [6.45, 7) is 3.68. The topological polar surface area (TPSA) is 59.1 Å². The monoisotopic (exact) mass is 426 g/mol. The Bertz CT molecular complexity index is 1110. The second-order valence-electron chi connectivity index (χ2n) is 6.19. The summed E-state index contributed by atoms with van der Waals surface area (Å²) >= 11 is 1.35. The van der Waals surface area contributed by atoms with E-state index in [4.69, 9.17) is 0 Å². The molecule has 0 saturated carbocycles. The minimum Gasteiger partial charge on any atom is -0.241 e. The number of aromatic nitrogens is 1. The molecule has 0 amide bonds. The number of benzene rings is 2. The van der Waals surface area contributed by atoms with Crippen molar-refractivity contribution in [2.45, 2.75) is 31.5 Å². The number of rotatable bonds is 5. The molecule has 3 rings (SSSR count). The van der Waals surface area contributed by atoms with Crippen molar-refractivity contribution in [2.24, 2.45) is 0 Å². The second-order valence-corrected chi connectivity index (χ2v) is 9.04. The first-order chi connectivity index (χ1) is 13.1. The fourth-order valence-corrected chi connectivity index (χ4v) is 4.83. The molecule has 1 aromatic heterocycles. The number of thiazole rings is 1. The lowest BCUT2D eigenvalue weighted by atomic mass is 10.1. The quantitative estimate of drug-likeness (QED) is 0.630. The number of hydrogen-bond acceptors (Lipinski definition) is 4. The first-order valence-electron chi connectivity index (χ1n) is 8.27. The van der Waals surface area contributed by atoms with Crippen molar-refractivity contribution in [2.75, 3.05) is 0 Å². The van der Waals surface area contributed by atoms with Crippen LogP contribution in [0.3, 0.4) is 0 Å². The first kappa shape index (κ1) is 20.5. The van der Waals surface area contributed by atoms with Crippen LogP contribution in [0.25, 0.3) is 10.6 Å². The van der Waals surface area contributed by atoms with Crippen molar-refractivity contribution >= 4 is 21.4 Å². The molecule has 1 heterocycles. The molecule has 148 valence electrons. The molecule has 3 aromatic rings. The van der Waals surface area contributed by atoms with Crippen molar-refractivity contribution < 1.29 is 21.6 Å². The van der Waals surface area contributed by atoms with Gasteiger partial charge in [0.2, 0.25) is 10.0 Å². The predicted octanol–water partition coefficient (Wildman–Crippen LogP) is 4.92. The molecule has 0 spiro atoms. The first-order valence-corrected chi connectivity index (χ1v) is 10.6. The van der Waals surface area contributed by atoms with Crippen molar-refractivity contribution in [3.63, 3.8) is 0 Å². The van der Waals surface area contributed by atoms with Crippen LogP contribution in [0.15, 0.2) is 53.4 Å². The summed E-state index contributed by atoms with van der Waals surface area (Å²) in [5.41, 5.74) is 1.68. The zero-order valence-electron chi connectivity index (χ0n) is 15.0. The summed E-state index contributed by atoms with van der Waals surface area (Å²) < 4.78 is 65.7. The largest absolute Gasteiger partial charge is 0.416 e. The maximum Gasteiger partial charge on any atom is 0.416 e. The van der Waals surface area contributed by atoms with Gasteiger partial charge in [-0.3, -0.25) is 0 Å². The molecule has 4 nitrogen and oxygen atoms in total. The van der Waals surface area contributed by atoms with Crippen LogP contribution in [-0.4, -0.2) is 13.4 Å². The van der Waals surface area contributed by atoms with Gasteiger partial charge in [-0.1, -0.05) is 30.3 Å². The maximum atomic E-state index is 12.8. The van der Waals surface area contributed by atoms with Gasteiger partial charge in [0.15, 0.2) is 0 Å². The van der Waals surface area contributed by atoms with Crippen LogP contribution >= 0.6 is 11.3 Å². The SMILES string of the molecule is Cc1ccccc1-c1nc(C)c(CNS(=O)(=O)c2cccc(C(F)(F)F)c2)s1. The molecule has 0 bridgehead atoms. The third-order valence-corrected chi connectivity index (χ3v) is 6.75. The maximum absolute atomic E-state index is 12.8. The number of sulfonamides is 1. The average molecular weight is 426 g/mol. The summed E-state index contributed by atoms with van der Waals surface area (Å²) in [6, 6.07) is 11.4. The predicted molar refractivity (Wildman–Crippen MR) is 102 cm³/mol. The summed E-state index contributed by atoms with van der Waals surface area (Å²) in [6.07, 6.45) is -4.61. The number of nitrogens with zero attached hydrogens (tertiary/aromatic N) is 1. The summed E-state index contributed by atoms with van der Waals surface area (Å²) in [4.78, 5) is 4.77. The van der Waals surface area contributed by atoms with Gasteiger partial charge in [-0.25, -0.2) is 18.1 Å². The highest BCUT2D eigenvalue weighted by Gasteiger charge is 2.31. The Kier molecular flexibility index (Phi) is 5.60. The van der Waals surface area contributed by atoms with Crippen LogP contribution in [0, 0.1) is 13.8 Å². The molecule has 28 heavy (non-hydrogen) atoms. The van der Waals surface area contributed by atoms with Crippen LogP contribution in [0.2, 0.25) is 0 Å². The van der Waals surface area contributed by atoms with Crippen molar-refractivity contribution in [3.8, 4) is 10.6 Å². The van der Waals surface area contributed by atoms with E-state index in [-0.39, 0.29) is 6.54 Å². The molecule has 0 fully saturated rings. The van der Waals surface area contributed by atoms with Gasteiger partial charge in [-0.05, 0) is 37.6 Å². The van der Waals surface area contributed by atoms with Crippen molar-refractivity contribution in [3.05, 3.63) is 70.2 Å². The Labute approximate surface area is 165 Å². The van der Waals surface area contributed by atoms with Crippen LogP contribution in [0.5, 0.6) is 0 Å². The van der Waals surface area contributed by atoms with E-state index in [1.807, 2.05) is 31.2 Å². The highest BCUT2D eigenvalue weighted by molar-refractivity contribution is 7.89. The summed E-state index contributed by atoms with van der Waals surface area (Å²) in [5, 5.41) is 0.767. The molecule has 0 aliphatic heterocycles. The van der Waals surface area contributed by atoms with Gasteiger partial charge in [0.05, 0.1) is 16.2 Å². The van der Waals surface area contributed by atoms with Crippen LogP contribution in [-0.2, 0) is 22.7 Å². The van der Waals surface area contributed by atoms with Crippen molar-refractivity contribution in [1.29, 1.82) is 0 Å². The molecular formula is C19H17F3N2O2S2. The molecule has 1 N–H and O–H groups in total. The standard InChI is InChI=1S/C19H17F3N2O2S2/c1-12-6-3-4-9-16(12)18-24-13(2)17(27-18)11-23-28(25,26)15-8-5-7-14(10-15)19(20,21)22/h3-10,23H,11H2,1-2H3. The molecule has 0 unspecified atom stereocenters. The van der Waals surface area contributed by atoms with Gasteiger partial charge in [0.25, 0.3) is 0 Å². The third-order valence-electron chi connectivity index (χ3n) is 4.16. The molecule has 0 saturated heterocycles. The van der Waals surface area contributed by atoms with E-state index in [0.717, 1.165) is 34.3 Å². The van der Waals surface area contributed by atoms with E-state index in [2.05, 4.69) is 9.71 Å². The Hall–Kier alpha value is -2.23. The lowest BCUT2D eigenvalue weighted by Gasteiger charge is -2.10. The van der Waals surface area contributed by atoms with Crippen LogP contribution in [0.4, 0.5) is 13.2 Å². The van der Waals surface area contributed by atoms with E-state index in [0.29, 0.717) is 16.6 Å². The van der Waals surface area contributed by atoms with Gasteiger partial charge in [-0.2, -0.15) is 13.2 Å². The van der Waals surface area contributed by atoms with Gasteiger partial charge in [-0.15, -0.1) is 11.3 Å². The lowest BCUT2D eigenvalue weighted by Crippen LogP contribution is -2.23.